The smallest absolute Gasteiger partial charge is 0.0626 e. The maximum absolute atomic E-state index is 6.04. The zero-order valence-corrected chi connectivity index (χ0v) is 9.88. The molecule has 0 bridgehead atoms. The highest BCUT2D eigenvalue weighted by Gasteiger charge is 2.22. The van der Waals surface area contributed by atoms with Crippen LogP contribution in [-0.2, 0) is 4.74 Å². The van der Waals surface area contributed by atoms with E-state index in [9.17, 15) is 0 Å². The highest BCUT2D eigenvalue weighted by atomic mass is 16.5. The second-order valence-electron chi connectivity index (χ2n) is 5.57. The molecule has 0 aromatic carbocycles. The van der Waals surface area contributed by atoms with Crippen molar-refractivity contribution in [2.75, 3.05) is 6.61 Å². The van der Waals surface area contributed by atoms with Crippen LogP contribution >= 0.6 is 0 Å². The molecule has 1 aliphatic carbocycles. The van der Waals surface area contributed by atoms with Gasteiger partial charge in [-0.05, 0) is 18.3 Å². The molecule has 0 spiro atoms. The Kier molecular flexibility index (Phi) is 4.39. The fourth-order valence-electron chi connectivity index (χ4n) is 1.72. The van der Waals surface area contributed by atoms with Crippen molar-refractivity contribution >= 4 is 0 Å². The van der Waals surface area contributed by atoms with Gasteiger partial charge in [0.15, 0.2) is 0 Å². The van der Waals surface area contributed by atoms with E-state index in [0.29, 0.717) is 12.7 Å². The van der Waals surface area contributed by atoms with E-state index in [1.165, 1.54) is 32.1 Å². The van der Waals surface area contributed by atoms with Crippen LogP contribution < -0.4 is 5.73 Å². The van der Waals surface area contributed by atoms with Crippen LogP contribution in [0.15, 0.2) is 0 Å². The van der Waals surface area contributed by atoms with Crippen LogP contribution in [0.4, 0.5) is 0 Å². The molecule has 2 N–H and O–H groups in total. The quantitative estimate of drug-likeness (QED) is 0.758. The molecule has 14 heavy (non-hydrogen) atoms. The molecule has 0 amide bonds. The third kappa shape index (κ3) is 3.97. The Hall–Kier alpha value is -0.0800. The van der Waals surface area contributed by atoms with Crippen molar-refractivity contribution in [2.24, 2.45) is 11.1 Å². The van der Waals surface area contributed by atoms with Gasteiger partial charge in [0.2, 0.25) is 0 Å². The molecule has 0 radical (unpaired) electrons. The Balaban J connectivity index is 2.19. The van der Waals surface area contributed by atoms with Crippen molar-refractivity contribution in [2.45, 2.75) is 65.0 Å². The second-order valence-corrected chi connectivity index (χ2v) is 5.57. The van der Waals surface area contributed by atoms with Crippen LogP contribution in [0.5, 0.6) is 0 Å². The first-order valence-electron chi connectivity index (χ1n) is 5.87. The number of hydrogen-bond donors (Lipinski definition) is 1. The van der Waals surface area contributed by atoms with E-state index in [4.69, 9.17) is 10.5 Å². The fourth-order valence-corrected chi connectivity index (χ4v) is 1.72. The maximum atomic E-state index is 6.04. The molecule has 1 unspecified atom stereocenters. The second kappa shape index (κ2) is 5.13. The summed E-state index contributed by atoms with van der Waals surface area (Å²) in [6.07, 6.45) is 6.99. The first-order valence-corrected chi connectivity index (χ1v) is 5.87. The van der Waals surface area contributed by atoms with Crippen LogP contribution in [0.1, 0.15) is 52.9 Å². The number of rotatable bonds is 3. The normalized spacial score (nSPS) is 22.3. The van der Waals surface area contributed by atoms with E-state index in [1.54, 1.807) is 0 Å². The molecule has 84 valence electrons. The van der Waals surface area contributed by atoms with Crippen molar-refractivity contribution in [3.05, 3.63) is 0 Å². The van der Waals surface area contributed by atoms with Gasteiger partial charge in [0.25, 0.3) is 0 Å². The van der Waals surface area contributed by atoms with Gasteiger partial charge in [0.1, 0.15) is 0 Å². The monoisotopic (exact) mass is 199 g/mol. The molecule has 1 atom stereocenters. The van der Waals surface area contributed by atoms with Crippen molar-refractivity contribution in [3.8, 4) is 0 Å². The molecule has 1 fully saturated rings. The lowest BCUT2D eigenvalue weighted by Crippen LogP contribution is -2.40. The predicted molar refractivity (Wildman–Crippen MR) is 60.3 cm³/mol. The highest BCUT2D eigenvalue weighted by molar-refractivity contribution is 4.77. The Morgan fingerprint density at radius 3 is 2.29 bits per heavy atom. The van der Waals surface area contributed by atoms with E-state index in [1.807, 2.05) is 0 Å². The zero-order chi connectivity index (χ0) is 10.6. The van der Waals surface area contributed by atoms with Gasteiger partial charge in [-0.3, -0.25) is 0 Å². The molecular formula is C12H25NO. The molecule has 0 aromatic heterocycles. The summed E-state index contributed by atoms with van der Waals surface area (Å²) in [6.45, 7) is 7.22. The molecular weight excluding hydrogens is 174 g/mol. The molecule has 1 aliphatic rings. The van der Waals surface area contributed by atoms with Crippen LogP contribution in [0.2, 0.25) is 0 Å². The average Bonchev–Trinajstić information content (AvgIpc) is 2.14. The predicted octanol–water partition coefficient (Wildman–Crippen LogP) is 2.71. The van der Waals surface area contributed by atoms with E-state index in [2.05, 4.69) is 20.8 Å². The lowest BCUT2D eigenvalue weighted by Gasteiger charge is -2.30. The minimum absolute atomic E-state index is 0.157. The molecule has 2 heteroatoms. The SMILES string of the molecule is CC(C)(C)C(N)COC1CCCCC1. The Labute approximate surface area is 88.2 Å². The van der Waals surface area contributed by atoms with Gasteiger partial charge >= 0.3 is 0 Å². The summed E-state index contributed by atoms with van der Waals surface area (Å²) in [6, 6.07) is 0.157. The lowest BCUT2D eigenvalue weighted by atomic mass is 9.88. The van der Waals surface area contributed by atoms with Crippen LogP contribution in [-0.4, -0.2) is 18.8 Å². The maximum Gasteiger partial charge on any atom is 0.0626 e. The Bertz CT molecular complexity index is 156. The number of ether oxygens (including phenoxy) is 1. The topological polar surface area (TPSA) is 35.2 Å². The molecule has 0 aliphatic heterocycles. The summed E-state index contributed by atoms with van der Waals surface area (Å²) in [7, 11) is 0. The standard InChI is InChI=1S/C12H25NO/c1-12(2,3)11(13)9-14-10-7-5-4-6-8-10/h10-11H,4-9,13H2,1-3H3. The van der Waals surface area contributed by atoms with E-state index in [-0.39, 0.29) is 11.5 Å². The van der Waals surface area contributed by atoms with Gasteiger partial charge < -0.3 is 10.5 Å². The Morgan fingerprint density at radius 1 is 1.21 bits per heavy atom. The van der Waals surface area contributed by atoms with Gasteiger partial charge in [-0.1, -0.05) is 40.0 Å². The fraction of sp³-hybridized carbons (Fsp3) is 1.00. The van der Waals surface area contributed by atoms with Crippen molar-refractivity contribution in [3.63, 3.8) is 0 Å². The van der Waals surface area contributed by atoms with Gasteiger partial charge in [-0.25, -0.2) is 0 Å². The van der Waals surface area contributed by atoms with Gasteiger partial charge in [-0.2, -0.15) is 0 Å². The van der Waals surface area contributed by atoms with Crippen LogP contribution in [0, 0.1) is 5.41 Å². The van der Waals surface area contributed by atoms with E-state index < -0.39 is 0 Å². The number of hydrogen-bond acceptors (Lipinski definition) is 2. The molecule has 2 nitrogen and oxygen atoms in total. The highest BCUT2D eigenvalue weighted by Crippen LogP contribution is 2.22. The third-order valence-electron chi connectivity index (χ3n) is 3.18. The third-order valence-corrected chi connectivity index (χ3v) is 3.18. The zero-order valence-electron chi connectivity index (χ0n) is 9.88. The summed E-state index contributed by atoms with van der Waals surface area (Å²) >= 11 is 0. The summed E-state index contributed by atoms with van der Waals surface area (Å²) in [5, 5.41) is 0. The molecule has 1 saturated carbocycles. The summed E-state index contributed by atoms with van der Waals surface area (Å²) in [4.78, 5) is 0. The van der Waals surface area contributed by atoms with Gasteiger partial charge in [0.05, 0.1) is 12.7 Å². The first-order chi connectivity index (χ1) is 6.50. The van der Waals surface area contributed by atoms with Crippen LogP contribution in [0.3, 0.4) is 0 Å². The van der Waals surface area contributed by atoms with Gasteiger partial charge in [-0.15, -0.1) is 0 Å². The molecule has 0 saturated heterocycles. The molecule has 0 heterocycles. The van der Waals surface area contributed by atoms with Crippen molar-refractivity contribution in [1.82, 2.24) is 0 Å². The minimum Gasteiger partial charge on any atom is -0.377 e. The first kappa shape index (κ1) is 12.0. The van der Waals surface area contributed by atoms with Crippen molar-refractivity contribution < 1.29 is 4.74 Å². The summed E-state index contributed by atoms with van der Waals surface area (Å²) < 4.78 is 5.85. The molecule has 0 aromatic rings. The minimum atomic E-state index is 0.157. The number of nitrogens with two attached hydrogens (primary N) is 1. The molecule has 1 rings (SSSR count). The van der Waals surface area contributed by atoms with Crippen molar-refractivity contribution in [1.29, 1.82) is 0 Å². The summed E-state index contributed by atoms with van der Waals surface area (Å²) in [5.74, 6) is 0. The van der Waals surface area contributed by atoms with E-state index in [0.717, 1.165) is 0 Å². The largest absolute Gasteiger partial charge is 0.377 e. The lowest BCUT2D eigenvalue weighted by molar-refractivity contribution is 0.00619. The van der Waals surface area contributed by atoms with E-state index >= 15 is 0 Å². The van der Waals surface area contributed by atoms with Crippen LogP contribution in [0.25, 0.3) is 0 Å². The summed E-state index contributed by atoms with van der Waals surface area (Å²) in [5.41, 5.74) is 6.20. The van der Waals surface area contributed by atoms with Gasteiger partial charge in [0, 0.05) is 6.04 Å². The Morgan fingerprint density at radius 2 is 1.79 bits per heavy atom. The average molecular weight is 199 g/mol.